The number of hydrogen-bond donors (Lipinski definition) is 1. The molecule has 1 aliphatic heterocycles. The number of hydrogen-bond acceptors (Lipinski definition) is 4. The number of fused-ring (bicyclic) bond motifs is 1. The molecule has 0 amide bonds. The lowest BCUT2D eigenvalue weighted by Gasteiger charge is -2.35. The molecule has 1 unspecified atom stereocenters. The molecule has 26 heavy (non-hydrogen) atoms. The molecule has 1 aliphatic rings. The fourth-order valence-electron chi connectivity index (χ4n) is 3.63. The first-order valence-electron chi connectivity index (χ1n) is 8.70. The van der Waals surface area contributed by atoms with Gasteiger partial charge in [0.25, 0.3) is 0 Å². The number of aliphatic hydroxyl groups excluding tert-OH is 1. The van der Waals surface area contributed by atoms with E-state index in [0.29, 0.717) is 10.0 Å². The molecule has 1 N–H and O–H groups in total. The smallest absolute Gasteiger partial charge is 0.139 e. The van der Waals surface area contributed by atoms with Crippen LogP contribution in [0.2, 0.25) is 10.0 Å². The first-order valence-corrected chi connectivity index (χ1v) is 9.46. The Hall–Kier alpha value is -1.88. The van der Waals surface area contributed by atoms with Crippen LogP contribution in [0.5, 0.6) is 0 Å². The standard InChI is InChI=1S/C20H19Cl2N3O/c21-15-3-1-13(2-4-15)19(26)14-7-9-25(10-8-14)20-17-6-5-16(22)11-18(17)23-12-24-20/h1-6,11-12,14,19,26H,7-10H2. The van der Waals surface area contributed by atoms with Crippen molar-refractivity contribution in [2.45, 2.75) is 18.9 Å². The number of benzene rings is 2. The molecule has 0 spiro atoms. The lowest BCUT2D eigenvalue weighted by atomic mass is 9.87. The van der Waals surface area contributed by atoms with Crippen LogP contribution in [-0.2, 0) is 0 Å². The molecule has 1 atom stereocenters. The third kappa shape index (κ3) is 3.50. The summed E-state index contributed by atoms with van der Waals surface area (Å²) in [5.41, 5.74) is 1.78. The van der Waals surface area contributed by atoms with Gasteiger partial charge in [0.2, 0.25) is 0 Å². The van der Waals surface area contributed by atoms with Gasteiger partial charge in [-0.3, -0.25) is 0 Å². The van der Waals surface area contributed by atoms with Crippen molar-refractivity contribution in [1.29, 1.82) is 0 Å². The molecule has 1 aromatic heterocycles. The van der Waals surface area contributed by atoms with Crippen LogP contribution < -0.4 is 4.90 Å². The van der Waals surface area contributed by atoms with E-state index in [1.165, 1.54) is 0 Å². The second-order valence-electron chi connectivity index (χ2n) is 6.68. The van der Waals surface area contributed by atoms with Gasteiger partial charge in [-0.25, -0.2) is 9.97 Å². The average Bonchev–Trinajstić information content (AvgIpc) is 2.67. The van der Waals surface area contributed by atoms with Crippen molar-refractivity contribution in [3.63, 3.8) is 0 Å². The van der Waals surface area contributed by atoms with Crippen LogP contribution in [0, 0.1) is 5.92 Å². The lowest BCUT2D eigenvalue weighted by Crippen LogP contribution is -2.36. The fourth-order valence-corrected chi connectivity index (χ4v) is 3.92. The number of aliphatic hydroxyl groups is 1. The molecule has 1 saturated heterocycles. The van der Waals surface area contributed by atoms with E-state index in [2.05, 4.69) is 14.9 Å². The molecule has 2 heterocycles. The molecule has 0 bridgehead atoms. The zero-order valence-electron chi connectivity index (χ0n) is 14.1. The van der Waals surface area contributed by atoms with Crippen LogP contribution in [0.25, 0.3) is 10.9 Å². The predicted octanol–water partition coefficient (Wildman–Crippen LogP) is 4.89. The van der Waals surface area contributed by atoms with Gasteiger partial charge in [-0.05, 0) is 54.7 Å². The van der Waals surface area contributed by atoms with Gasteiger partial charge in [0.05, 0.1) is 11.6 Å². The lowest BCUT2D eigenvalue weighted by molar-refractivity contribution is 0.0929. The van der Waals surface area contributed by atoms with E-state index in [0.717, 1.165) is 48.2 Å². The van der Waals surface area contributed by atoms with E-state index in [9.17, 15) is 5.11 Å². The molecule has 4 nitrogen and oxygen atoms in total. The van der Waals surface area contributed by atoms with Gasteiger partial charge in [-0.15, -0.1) is 0 Å². The first kappa shape index (κ1) is 17.5. The summed E-state index contributed by atoms with van der Waals surface area (Å²) in [5.74, 6) is 1.17. The fraction of sp³-hybridized carbons (Fsp3) is 0.300. The Labute approximate surface area is 162 Å². The monoisotopic (exact) mass is 387 g/mol. The maximum absolute atomic E-state index is 10.7. The topological polar surface area (TPSA) is 49.2 Å². The maximum Gasteiger partial charge on any atom is 0.139 e. The summed E-state index contributed by atoms with van der Waals surface area (Å²) in [6.07, 6.45) is 2.93. The molecule has 6 heteroatoms. The van der Waals surface area contributed by atoms with E-state index < -0.39 is 6.10 Å². The zero-order chi connectivity index (χ0) is 18.1. The van der Waals surface area contributed by atoms with E-state index in [1.54, 1.807) is 6.33 Å². The molecule has 2 aromatic carbocycles. The molecule has 4 rings (SSSR count). The summed E-state index contributed by atoms with van der Waals surface area (Å²) in [7, 11) is 0. The van der Waals surface area contributed by atoms with E-state index in [-0.39, 0.29) is 5.92 Å². The Morgan fingerprint density at radius 1 is 0.962 bits per heavy atom. The van der Waals surface area contributed by atoms with Gasteiger partial charge in [0.1, 0.15) is 12.1 Å². The van der Waals surface area contributed by atoms with Gasteiger partial charge < -0.3 is 10.0 Å². The van der Waals surface area contributed by atoms with Crippen molar-refractivity contribution >= 4 is 39.9 Å². The second-order valence-corrected chi connectivity index (χ2v) is 7.55. The average molecular weight is 388 g/mol. The Kier molecular flexibility index (Phi) is 4.98. The third-order valence-corrected chi connectivity index (χ3v) is 5.56. The van der Waals surface area contributed by atoms with Crippen LogP contribution in [0.15, 0.2) is 48.8 Å². The highest BCUT2D eigenvalue weighted by Crippen LogP contribution is 2.34. The molecule has 134 valence electrons. The van der Waals surface area contributed by atoms with Crippen molar-refractivity contribution in [2.24, 2.45) is 5.92 Å². The van der Waals surface area contributed by atoms with Gasteiger partial charge in [0, 0.05) is 28.5 Å². The summed E-state index contributed by atoms with van der Waals surface area (Å²) in [4.78, 5) is 11.1. The number of halogens is 2. The van der Waals surface area contributed by atoms with Crippen molar-refractivity contribution in [3.8, 4) is 0 Å². The van der Waals surface area contributed by atoms with Crippen molar-refractivity contribution in [1.82, 2.24) is 9.97 Å². The zero-order valence-corrected chi connectivity index (χ0v) is 15.7. The molecular weight excluding hydrogens is 369 g/mol. The first-order chi connectivity index (χ1) is 12.6. The van der Waals surface area contributed by atoms with Crippen LogP contribution in [-0.4, -0.2) is 28.2 Å². The minimum atomic E-state index is -0.463. The highest BCUT2D eigenvalue weighted by molar-refractivity contribution is 6.31. The Morgan fingerprint density at radius 2 is 1.65 bits per heavy atom. The minimum absolute atomic E-state index is 0.231. The van der Waals surface area contributed by atoms with Gasteiger partial charge >= 0.3 is 0 Å². The van der Waals surface area contributed by atoms with E-state index in [4.69, 9.17) is 23.2 Å². The molecule has 0 saturated carbocycles. The summed E-state index contributed by atoms with van der Waals surface area (Å²) >= 11 is 12.0. The van der Waals surface area contributed by atoms with Crippen molar-refractivity contribution in [2.75, 3.05) is 18.0 Å². The summed E-state index contributed by atoms with van der Waals surface area (Å²) in [5, 5.41) is 13.1. The third-order valence-electron chi connectivity index (χ3n) is 5.07. The summed E-state index contributed by atoms with van der Waals surface area (Å²) < 4.78 is 0. The number of piperidine rings is 1. The number of aromatic nitrogens is 2. The largest absolute Gasteiger partial charge is 0.388 e. The summed E-state index contributed by atoms with van der Waals surface area (Å²) in [6.45, 7) is 1.70. The molecular formula is C20H19Cl2N3O. The highest BCUT2D eigenvalue weighted by Gasteiger charge is 2.27. The van der Waals surface area contributed by atoms with Crippen LogP contribution >= 0.6 is 23.2 Å². The van der Waals surface area contributed by atoms with Gasteiger partial charge in [-0.1, -0.05) is 35.3 Å². The Bertz CT molecular complexity index is 909. The van der Waals surface area contributed by atoms with Crippen molar-refractivity contribution < 1.29 is 5.11 Å². The van der Waals surface area contributed by atoms with Crippen LogP contribution in [0.1, 0.15) is 24.5 Å². The summed E-state index contributed by atoms with van der Waals surface area (Å²) in [6, 6.07) is 13.2. The van der Waals surface area contributed by atoms with E-state index >= 15 is 0 Å². The highest BCUT2D eigenvalue weighted by atomic mass is 35.5. The van der Waals surface area contributed by atoms with Crippen LogP contribution in [0.3, 0.4) is 0 Å². The van der Waals surface area contributed by atoms with E-state index in [1.807, 2.05) is 42.5 Å². The molecule has 3 aromatic rings. The van der Waals surface area contributed by atoms with Crippen LogP contribution in [0.4, 0.5) is 5.82 Å². The van der Waals surface area contributed by atoms with Crippen molar-refractivity contribution in [3.05, 3.63) is 64.4 Å². The predicted molar refractivity (Wildman–Crippen MR) is 106 cm³/mol. The maximum atomic E-state index is 10.7. The molecule has 1 fully saturated rings. The molecule has 0 radical (unpaired) electrons. The molecule has 0 aliphatic carbocycles. The minimum Gasteiger partial charge on any atom is -0.388 e. The quantitative estimate of drug-likeness (QED) is 0.694. The normalized spacial score (nSPS) is 16.8. The number of nitrogens with zero attached hydrogens (tertiary/aromatic N) is 3. The van der Waals surface area contributed by atoms with Gasteiger partial charge in [0.15, 0.2) is 0 Å². The number of rotatable bonds is 3. The Morgan fingerprint density at radius 3 is 2.38 bits per heavy atom. The number of anilines is 1. The SMILES string of the molecule is OC(c1ccc(Cl)cc1)C1CCN(c2ncnc3cc(Cl)ccc23)CC1. The van der Waals surface area contributed by atoms with Gasteiger partial charge in [-0.2, -0.15) is 0 Å². The Balaban J connectivity index is 1.49. The second kappa shape index (κ2) is 7.39.